The summed E-state index contributed by atoms with van der Waals surface area (Å²) in [7, 11) is 0. The normalized spacial score (nSPS) is 12.0. The minimum atomic E-state index is -0.512. The number of amides is 2. The number of furan rings is 1. The third kappa shape index (κ3) is 3.54. The molecule has 2 aromatic heterocycles. The van der Waals surface area contributed by atoms with E-state index in [1.54, 1.807) is 31.2 Å². The van der Waals surface area contributed by atoms with Crippen LogP contribution in [0.2, 0.25) is 0 Å². The van der Waals surface area contributed by atoms with Crippen LogP contribution in [0, 0.1) is 0 Å². The third-order valence-electron chi connectivity index (χ3n) is 4.12. The molecule has 1 atom stereocenters. The predicted molar refractivity (Wildman–Crippen MR) is 107 cm³/mol. The summed E-state index contributed by atoms with van der Waals surface area (Å²) >= 11 is 1.24. The Morgan fingerprint density at radius 3 is 2.57 bits per heavy atom. The summed E-state index contributed by atoms with van der Waals surface area (Å²) in [6, 6.07) is 16.2. The number of benzene rings is 2. The average Bonchev–Trinajstić information content (AvgIpc) is 3.12. The van der Waals surface area contributed by atoms with E-state index in [-0.39, 0.29) is 11.8 Å². The van der Waals surface area contributed by atoms with Gasteiger partial charge in [0.15, 0.2) is 5.58 Å². The molecule has 8 heteroatoms. The van der Waals surface area contributed by atoms with E-state index in [0.717, 1.165) is 5.39 Å². The molecular formula is C20H16N4O3S. The number of hydrogen-bond donors (Lipinski definition) is 2. The van der Waals surface area contributed by atoms with Gasteiger partial charge in [0.25, 0.3) is 11.8 Å². The number of nitrogens with zero attached hydrogens (tertiary/aromatic N) is 2. The molecule has 2 N–H and O–H groups in total. The largest absolute Gasteiger partial charge is 0.451 e. The highest BCUT2D eigenvalue weighted by molar-refractivity contribution is 8.00. The molecule has 0 saturated carbocycles. The van der Waals surface area contributed by atoms with Crippen LogP contribution in [0.1, 0.15) is 17.3 Å². The Morgan fingerprint density at radius 1 is 1.00 bits per heavy atom. The first-order chi connectivity index (χ1) is 13.6. The van der Waals surface area contributed by atoms with E-state index in [0.29, 0.717) is 27.3 Å². The van der Waals surface area contributed by atoms with E-state index in [1.165, 1.54) is 18.1 Å². The molecule has 0 saturated heterocycles. The molecule has 2 amide bonds. The van der Waals surface area contributed by atoms with Crippen molar-refractivity contribution < 1.29 is 14.0 Å². The van der Waals surface area contributed by atoms with E-state index in [4.69, 9.17) is 4.42 Å². The van der Waals surface area contributed by atoms with Gasteiger partial charge < -0.3 is 4.42 Å². The van der Waals surface area contributed by atoms with Gasteiger partial charge >= 0.3 is 0 Å². The van der Waals surface area contributed by atoms with Gasteiger partial charge in [0, 0.05) is 10.9 Å². The number of hydrogen-bond acceptors (Lipinski definition) is 6. The molecule has 0 spiro atoms. The molecular weight excluding hydrogens is 376 g/mol. The Labute approximate surface area is 164 Å². The van der Waals surface area contributed by atoms with Crippen molar-refractivity contribution in [2.75, 3.05) is 0 Å². The van der Waals surface area contributed by atoms with Crippen LogP contribution in [-0.4, -0.2) is 27.0 Å². The number of hydrazine groups is 1. The van der Waals surface area contributed by atoms with Gasteiger partial charge in [-0.3, -0.25) is 20.4 Å². The fraction of sp³-hybridized carbons (Fsp3) is 0.100. The lowest BCUT2D eigenvalue weighted by Crippen LogP contribution is -2.44. The van der Waals surface area contributed by atoms with Crippen LogP contribution in [0.5, 0.6) is 0 Å². The van der Waals surface area contributed by atoms with E-state index < -0.39 is 5.25 Å². The zero-order chi connectivity index (χ0) is 19.5. The van der Waals surface area contributed by atoms with Crippen molar-refractivity contribution in [3.8, 4) is 0 Å². The fourth-order valence-electron chi connectivity index (χ4n) is 2.69. The maximum absolute atomic E-state index is 12.4. The Hall–Kier alpha value is -3.39. The van der Waals surface area contributed by atoms with Crippen molar-refractivity contribution in [3.05, 3.63) is 66.5 Å². The number of para-hydroxylation sites is 1. The molecule has 0 aliphatic rings. The van der Waals surface area contributed by atoms with Crippen LogP contribution < -0.4 is 10.9 Å². The van der Waals surface area contributed by atoms with Crippen LogP contribution in [0.4, 0.5) is 0 Å². The quantitative estimate of drug-likeness (QED) is 0.314. The van der Waals surface area contributed by atoms with Crippen molar-refractivity contribution >= 4 is 45.6 Å². The topological polar surface area (TPSA) is 97.1 Å². The van der Waals surface area contributed by atoms with Gasteiger partial charge in [-0.15, -0.1) is 0 Å². The SMILES string of the molecule is C[C@@H](Sc1ncnc2c1oc1ccccc12)C(=O)NNC(=O)c1ccccc1. The monoisotopic (exact) mass is 392 g/mol. The molecule has 0 unspecified atom stereocenters. The van der Waals surface area contributed by atoms with Crippen molar-refractivity contribution in [1.82, 2.24) is 20.8 Å². The van der Waals surface area contributed by atoms with Crippen LogP contribution >= 0.6 is 11.8 Å². The fourth-order valence-corrected chi connectivity index (χ4v) is 3.54. The first-order valence-electron chi connectivity index (χ1n) is 8.57. The maximum Gasteiger partial charge on any atom is 0.269 e. The Kier molecular flexibility index (Phi) is 4.94. The van der Waals surface area contributed by atoms with E-state index in [2.05, 4.69) is 20.8 Å². The molecule has 2 aromatic carbocycles. The summed E-state index contributed by atoms with van der Waals surface area (Å²) in [4.78, 5) is 33.0. The van der Waals surface area contributed by atoms with Crippen LogP contribution in [0.25, 0.3) is 22.1 Å². The number of aromatic nitrogens is 2. The predicted octanol–water partition coefficient (Wildman–Crippen LogP) is 3.32. The Balaban J connectivity index is 1.46. The van der Waals surface area contributed by atoms with Gasteiger partial charge in [0.2, 0.25) is 0 Å². The molecule has 0 fully saturated rings. The van der Waals surface area contributed by atoms with Crippen LogP contribution in [-0.2, 0) is 4.79 Å². The van der Waals surface area contributed by atoms with Gasteiger partial charge in [0.1, 0.15) is 22.5 Å². The van der Waals surface area contributed by atoms with Crippen molar-refractivity contribution in [2.24, 2.45) is 0 Å². The minimum Gasteiger partial charge on any atom is -0.451 e. The second-order valence-corrected chi connectivity index (χ2v) is 7.35. The third-order valence-corrected chi connectivity index (χ3v) is 5.20. The van der Waals surface area contributed by atoms with E-state index in [9.17, 15) is 9.59 Å². The summed E-state index contributed by atoms with van der Waals surface area (Å²) in [5.41, 5.74) is 7.28. The van der Waals surface area contributed by atoms with Gasteiger partial charge in [0.05, 0.1) is 5.25 Å². The molecule has 0 radical (unpaired) electrons. The summed E-state index contributed by atoms with van der Waals surface area (Å²) in [6.45, 7) is 1.73. The zero-order valence-corrected chi connectivity index (χ0v) is 15.7. The van der Waals surface area contributed by atoms with Gasteiger partial charge in [-0.05, 0) is 31.2 Å². The van der Waals surface area contributed by atoms with Crippen LogP contribution in [0.3, 0.4) is 0 Å². The Bertz CT molecular complexity index is 1160. The van der Waals surface area contributed by atoms with Crippen molar-refractivity contribution in [3.63, 3.8) is 0 Å². The minimum absolute atomic E-state index is 0.350. The van der Waals surface area contributed by atoms with Gasteiger partial charge in [-0.2, -0.15) is 0 Å². The Morgan fingerprint density at radius 2 is 1.75 bits per heavy atom. The number of nitrogens with one attached hydrogen (secondary N) is 2. The molecule has 0 bridgehead atoms. The van der Waals surface area contributed by atoms with Crippen molar-refractivity contribution in [1.29, 1.82) is 0 Å². The molecule has 4 aromatic rings. The first-order valence-corrected chi connectivity index (χ1v) is 9.45. The molecule has 0 aliphatic carbocycles. The molecule has 4 rings (SSSR count). The summed E-state index contributed by atoms with van der Waals surface area (Å²) in [5, 5.41) is 0.953. The highest BCUT2D eigenvalue weighted by Crippen LogP contribution is 2.33. The number of thioether (sulfide) groups is 1. The smallest absolute Gasteiger partial charge is 0.269 e. The zero-order valence-electron chi connectivity index (χ0n) is 14.9. The molecule has 0 aliphatic heterocycles. The highest BCUT2D eigenvalue weighted by atomic mass is 32.2. The lowest BCUT2D eigenvalue weighted by Gasteiger charge is -2.12. The molecule has 28 heavy (non-hydrogen) atoms. The van der Waals surface area contributed by atoms with E-state index >= 15 is 0 Å². The summed E-state index contributed by atoms with van der Waals surface area (Å²) in [5.74, 6) is -0.731. The number of carbonyl (C=O) groups excluding carboxylic acids is 2. The molecule has 2 heterocycles. The number of carbonyl (C=O) groups is 2. The second kappa shape index (κ2) is 7.69. The van der Waals surface area contributed by atoms with E-state index in [1.807, 2.05) is 30.3 Å². The number of fused-ring (bicyclic) bond motifs is 3. The maximum atomic E-state index is 12.4. The first kappa shape index (κ1) is 18.0. The molecule has 140 valence electrons. The lowest BCUT2D eigenvalue weighted by atomic mass is 10.2. The van der Waals surface area contributed by atoms with Gasteiger partial charge in [-0.25, -0.2) is 9.97 Å². The standard InChI is InChI=1S/C20H16N4O3S/c1-12(18(25)23-24-19(26)13-7-3-2-4-8-13)28-20-17-16(21-11-22-20)14-9-5-6-10-15(14)27-17/h2-12H,1H3,(H,23,25)(H,24,26)/t12-/m1/s1. The van der Waals surface area contributed by atoms with Crippen LogP contribution in [0.15, 0.2) is 70.4 Å². The summed E-state index contributed by atoms with van der Waals surface area (Å²) in [6.07, 6.45) is 1.45. The second-order valence-electron chi connectivity index (χ2n) is 6.02. The van der Waals surface area contributed by atoms with Crippen molar-refractivity contribution in [2.45, 2.75) is 17.2 Å². The average molecular weight is 392 g/mol. The van der Waals surface area contributed by atoms with Gasteiger partial charge in [-0.1, -0.05) is 42.1 Å². The highest BCUT2D eigenvalue weighted by Gasteiger charge is 2.20. The number of rotatable bonds is 4. The summed E-state index contributed by atoms with van der Waals surface area (Å²) < 4.78 is 5.87. The lowest BCUT2D eigenvalue weighted by molar-refractivity contribution is -0.121. The molecule has 7 nitrogen and oxygen atoms in total.